The van der Waals surface area contributed by atoms with E-state index in [1.54, 1.807) is 0 Å². The van der Waals surface area contributed by atoms with Crippen molar-refractivity contribution in [1.29, 1.82) is 0 Å². The summed E-state index contributed by atoms with van der Waals surface area (Å²) in [5.74, 6) is 0.582. The molecule has 94 valence electrons. The van der Waals surface area contributed by atoms with Crippen LogP contribution >= 0.6 is 0 Å². The van der Waals surface area contributed by atoms with E-state index in [2.05, 4.69) is 4.98 Å². The summed E-state index contributed by atoms with van der Waals surface area (Å²) in [5.41, 5.74) is 7.48. The smallest absolute Gasteiger partial charge is 0.253 e. The summed E-state index contributed by atoms with van der Waals surface area (Å²) in [6.07, 6.45) is 2.91. The number of carbonyl (C=O) groups excluding carboxylic acids is 1. The number of aromatic amines is 1. The molecule has 1 fully saturated rings. The van der Waals surface area contributed by atoms with Gasteiger partial charge in [-0.25, -0.2) is 0 Å². The van der Waals surface area contributed by atoms with Crippen LogP contribution in [0.5, 0.6) is 0 Å². The molecule has 2 aromatic rings. The van der Waals surface area contributed by atoms with Crippen LogP contribution in [-0.4, -0.2) is 35.4 Å². The fraction of sp³-hybridized carbons (Fsp3) is 0.357. The minimum atomic E-state index is 0.119. The predicted molar refractivity (Wildman–Crippen MR) is 71.4 cm³/mol. The number of rotatable bonds is 2. The van der Waals surface area contributed by atoms with Gasteiger partial charge >= 0.3 is 0 Å². The maximum atomic E-state index is 12.3. The van der Waals surface area contributed by atoms with Crippen molar-refractivity contribution in [3.8, 4) is 0 Å². The van der Waals surface area contributed by atoms with E-state index in [1.165, 1.54) is 0 Å². The molecule has 1 aromatic heterocycles. The van der Waals surface area contributed by atoms with E-state index in [0.29, 0.717) is 12.5 Å². The molecule has 3 N–H and O–H groups in total. The fourth-order valence-corrected chi connectivity index (χ4v) is 2.58. The zero-order chi connectivity index (χ0) is 12.5. The molecule has 1 atom stereocenters. The Morgan fingerprint density at radius 2 is 2.33 bits per heavy atom. The van der Waals surface area contributed by atoms with Crippen LogP contribution in [0.25, 0.3) is 10.9 Å². The van der Waals surface area contributed by atoms with Gasteiger partial charge in [0.15, 0.2) is 0 Å². The van der Waals surface area contributed by atoms with Crippen LogP contribution in [0.3, 0.4) is 0 Å². The van der Waals surface area contributed by atoms with Gasteiger partial charge in [-0.3, -0.25) is 4.79 Å². The first-order chi connectivity index (χ1) is 8.78. The molecule has 1 unspecified atom stereocenters. The van der Waals surface area contributed by atoms with Gasteiger partial charge in [0.2, 0.25) is 0 Å². The third-order valence-corrected chi connectivity index (χ3v) is 3.71. The van der Waals surface area contributed by atoms with Gasteiger partial charge in [-0.05, 0) is 43.1 Å². The minimum Gasteiger partial charge on any atom is -0.361 e. The second kappa shape index (κ2) is 4.46. The quantitative estimate of drug-likeness (QED) is 0.841. The van der Waals surface area contributed by atoms with E-state index in [1.807, 2.05) is 35.4 Å². The monoisotopic (exact) mass is 243 g/mol. The van der Waals surface area contributed by atoms with Crippen molar-refractivity contribution in [2.75, 3.05) is 19.6 Å². The maximum absolute atomic E-state index is 12.3. The topological polar surface area (TPSA) is 62.1 Å². The van der Waals surface area contributed by atoms with Gasteiger partial charge in [-0.15, -0.1) is 0 Å². The van der Waals surface area contributed by atoms with E-state index in [9.17, 15) is 4.79 Å². The minimum absolute atomic E-state index is 0.119. The van der Waals surface area contributed by atoms with Crippen molar-refractivity contribution in [3.05, 3.63) is 36.0 Å². The van der Waals surface area contributed by atoms with Crippen LogP contribution < -0.4 is 5.73 Å². The molecule has 0 spiro atoms. The lowest BCUT2D eigenvalue weighted by Crippen LogP contribution is -2.29. The van der Waals surface area contributed by atoms with E-state index in [4.69, 9.17) is 5.73 Å². The lowest BCUT2D eigenvalue weighted by atomic mass is 10.1. The molecular formula is C14H17N3O. The number of hydrogen-bond donors (Lipinski definition) is 2. The Balaban J connectivity index is 1.83. The summed E-state index contributed by atoms with van der Waals surface area (Å²) in [5, 5.41) is 1.08. The average molecular weight is 243 g/mol. The molecule has 0 radical (unpaired) electrons. The molecule has 4 nitrogen and oxygen atoms in total. The summed E-state index contributed by atoms with van der Waals surface area (Å²) in [7, 11) is 0. The third-order valence-electron chi connectivity index (χ3n) is 3.71. The molecule has 3 rings (SSSR count). The molecule has 4 heteroatoms. The van der Waals surface area contributed by atoms with Crippen molar-refractivity contribution < 1.29 is 4.79 Å². The summed E-state index contributed by atoms with van der Waals surface area (Å²) in [4.78, 5) is 17.4. The zero-order valence-electron chi connectivity index (χ0n) is 10.2. The predicted octanol–water partition coefficient (Wildman–Crippen LogP) is 1.59. The Hall–Kier alpha value is -1.81. The van der Waals surface area contributed by atoms with Gasteiger partial charge in [-0.1, -0.05) is 0 Å². The number of amides is 1. The molecule has 1 aliphatic rings. The maximum Gasteiger partial charge on any atom is 0.253 e. The highest BCUT2D eigenvalue weighted by Crippen LogP contribution is 2.20. The largest absolute Gasteiger partial charge is 0.361 e. The number of nitrogens with two attached hydrogens (primary N) is 1. The molecule has 1 saturated heterocycles. The highest BCUT2D eigenvalue weighted by atomic mass is 16.2. The van der Waals surface area contributed by atoms with Gasteiger partial charge in [0, 0.05) is 35.8 Å². The Morgan fingerprint density at radius 3 is 3.11 bits per heavy atom. The standard InChI is InChI=1S/C14H17N3O/c15-8-10-4-6-17(9-10)14(18)12-1-2-13-11(7-12)3-5-16-13/h1-3,5,7,10,16H,4,6,8-9,15H2. The van der Waals surface area contributed by atoms with Crippen molar-refractivity contribution >= 4 is 16.8 Å². The van der Waals surface area contributed by atoms with Crippen molar-refractivity contribution in [3.63, 3.8) is 0 Å². The second-order valence-corrected chi connectivity index (χ2v) is 4.92. The zero-order valence-corrected chi connectivity index (χ0v) is 10.2. The SMILES string of the molecule is NCC1CCN(C(=O)c2ccc3[nH]ccc3c2)C1. The van der Waals surface area contributed by atoms with Gasteiger partial charge in [0.1, 0.15) is 0 Å². The van der Waals surface area contributed by atoms with Gasteiger partial charge in [-0.2, -0.15) is 0 Å². The van der Waals surface area contributed by atoms with Crippen LogP contribution in [0.1, 0.15) is 16.8 Å². The number of nitrogens with zero attached hydrogens (tertiary/aromatic N) is 1. The summed E-state index contributed by atoms with van der Waals surface area (Å²) in [6, 6.07) is 7.78. The molecular weight excluding hydrogens is 226 g/mol. The van der Waals surface area contributed by atoms with E-state index < -0.39 is 0 Å². The first-order valence-corrected chi connectivity index (χ1v) is 6.34. The molecule has 1 aromatic carbocycles. The van der Waals surface area contributed by atoms with Crippen molar-refractivity contribution in [2.45, 2.75) is 6.42 Å². The first kappa shape index (κ1) is 11.3. The lowest BCUT2D eigenvalue weighted by molar-refractivity contribution is 0.0788. The molecule has 0 saturated carbocycles. The highest BCUT2D eigenvalue weighted by Gasteiger charge is 2.25. The Bertz CT molecular complexity index is 575. The van der Waals surface area contributed by atoms with Gasteiger partial charge < -0.3 is 15.6 Å². The fourth-order valence-electron chi connectivity index (χ4n) is 2.58. The molecule has 1 amide bonds. The second-order valence-electron chi connectivity index (χ2n) is 4.92. The number of nitrogens with one attached hydrogen (secondary N) is 1. The van der Waals surface area contributed by atoms with Gasteiger partial charge in [0.05, 0.1) is 0 Å². The average Bonchev–Trinajstić information content (AvgIpc) is 3.05. The number of aromatic nitrogens is 1. The number of benzene rings is 1. The lowest BCUT2D eigenvalue weighted by Gasteiger charge is -2.16. The Morgan fingerprint density at radius 1 is 1.44 bits per heavy atom. The Labute approximate surface area is 106 Å². The normalized spacial score (nSPS) is 19.6. The van der Waals surface area contributed by atoms with E-state index >= 15 is 0 Å². The highest BCUT2D eigenvalue weighted by molar-refractivity contribution is 5.98. The van der Waals surface area contributed by atoms with Crippen LogP contribution in [0.4, 0.5) is 0 Å². The van der Waals surface area contributed by atoms with Gasteiger partial charge in [0.25, 0.3) is 5.91 Å². The molecule has 1 aliphatic heterocycles. The van der Waals surface area contributed by atoms with Crippen molar-refractivity contribution in [1.82, 2.24) is 9.88 Å². The van der Waals surface area contributed by atoms with E-state index in [0.717, 1.165) is 36.0 Å². The number of carbonyl (C=O) groups is 1. The van der Waals surface area contributed by atoms with Crippen molar-refractivity contribution in [2.24, 2.45) is 11.7 Å². The van der Waals surface area contributed by atoms with E-state index in [-0.39, 0.29) is 5.91 Å². The van der Waals surface area contributed by atoms with Crippen LogP contribution in [0.15, 0.2) is 30.5 Å². The summed E-state index contributed by atoms with van der Waals surface area (Å²) in [6.45, 7) is 2.28. The number of likely N-dealkylation sites (tertiary alicyclic amines) is 1. The van der Waals surface area contributed by atoms with Crippen LogP contribution in [0.2, 0.25) is 0 Å². The van der Waals surface area contributed by atoms with Crippen LogP contribution in [-0.2, 0) is 0 Å². The number of H-pyrrole nitrogens is 1. The Kier molecular flexibility index (Phi) is 2.80. The first-order valence-electron chi connectivity index (χ1n) is 6.34. The number of fused-ring (bicyclic) bond motifs is 1. The summed E-state index contributed by atoms with van der Waals surface area (Å²) >= 11 is 0. The summed E-state index contributed by atoms with van der Waals surface area (Å²) < 4.78 is 0. The molecule has 18 heavy (non-hydrogen) atoms. The van der Waals surface area contributed by atoms with Crippen LogP contribution in [0, 0.1) is 5.92 Å². The molecule has 2 heterocycles. The number of hydrogen-bond acceptors (Lipinski definition) is 2. The molecule has 0 aliphatic carbocycles. The molecule has 0 bridgehead atoms. The third kappa shape index (κ3) is 1.88.